The van der Waals surface area contributed by atoms with Crippen molar-refractivity contribution >= 4 is 35.0 Å². The van der Waals surface area contributed by atoms with Crippen molar-refractivity contribution in [3.05, 3.63) is 40.7 Å². The van der Waals surface area contributed by atoms with Crippen molar-refractivity contribution in [3.63, 3.8) is 0 Å². The van der Waals surface area contributed by atoms with Crippen molar-refractivity contribution in [2.45, 2.75) is 25.7 Å². The maximum atomic E-state index is 12.4. The molecule has 2 aromatic rings. The Hall–Kier alpha value is -2.87. The molecule has 0 bridgehead atoms. The van der Waals surface area contributed by atoms with Crippen LogP contribution < -0.4 is 21.5 Å². The van der Waals surface area contributed by atoms with E-state index in [1.807, 2.05) is 12.1 Å². The fraction of sp³-hybridized carbons (Fsp3) is 0.368. The molecule has 0 radical (unpaired) electrons. The zero-order valence-corrected chi connectivity index (χ0v) is 16.4. The number of nitrogens with two attached hydrogens (primary N) is 2. The third-order valence-corrected chi connectivity index (χ3v) is 4.92. The Morgan fingerprint density at radius 1 is 1.25 bits per heavy atom. The number of aliphatic imine (C=N–C) groups is 1. The minimum atomic E-state index is -0.482. The zero-order valence-electron chi connectivity index (χ0n) is 15.6. The Morgan fingerprint density at radius 3 is 2.71 bits per heavy atom. The fourth-order valence-electron chi connectivity index (χ4n) is 3.11. The van der Waals surface area contributed by atoms with Crippen LogP contribution in [0.5, 0.6) is 5.75 Å². The molecule has 8 nitrogen and oxygen atoms in total. The second-order valence-corrected chi connectivity index (χ2v) is 7.04. The molecule has 1 unspecified atom stereocenters. The van der Waals surface area contributed by atoms with Crippen molar-refractivity contribution in [3.8, 4) is 5.75 Å². The second kappa shape index (κ2) is 8.88. The molecule has 0 spiro atoms. The molecule has 0 fully saturated rings. The molecule has 1 aliphatic rings. The summed E-state index contributed by atoms with van der Waals surface area (Å²) in [5, 5.41) is 2.70. The number of aryl methyl sites for hydroxylation is 1. The van der Waals surface area contributed by atoms with E-state index >= 15 is 0 Å². The van der Waals surface area contributed by atoms with Gasteiger partial charge in [0.2, 0.25) is 0 Å². The average Bonchev–Trinajstić information content (AvgIpc) is 3.12. The largest absolute Gasteiger partial charge is 0.497 e. The molecule has 3 rings (SSSR count). The van der Waals surface area contributed by atoms with E-state index in [2.05, 4.69) is 32.4 Å². The van der Waals surface area contributed by atoms with Crippen molar-refractivity contribution in [1.82, 2.24) is 15.3 Å². The summed E-state index contributed by atoms with van der Waals surface area (Å²) in [5.41, 5.74) is 12.5. The smallest absolute Gasteiger partial charge is 0.279 e. The standard InChI is InChI=1S/C19H23ClN6O2/c1-28-13-7-5-11(6-8-13)3-2-4-12-9-14(23-10-12)24-19(27)15-17(21)26-18(22)16(20)25-15/h5-8,12H,2-4,9-10H2,1H3,(H4,21,22,26)(H,23,24,27). The number of methoxy groups -OCH3 is 1. The minimum absolute atomic E-state index is 0.00847. The molecular formula is C19H23ClN6O2. The highest BCUT2D eigenvalue weighted by Crippen LogP contribution is 2.21. The number of ether oxygens (including phenoxy) is 1. The lowest BCUT2D eigenvalue weighted by Crippen LogP contribution is -2.31. The van der Waals surface area contributed by atoms with Gasteiger partial charge in [-0.2, -0.15) is 0 Å². The quantitative estimate of drug-likeness (QED) is 0.680. The number of amidine groups is 1. The molecule has 1 aliphatic heterocycles. The van der Waals surface area contributed by atoms with E-state index in [0.717, 1.165) is 25.0 Å². The Balaban J connectivity index is 1.46. The first-order chi connectivity index (χ1) is 13.5. The van der Waals surface area contributed by atoms with Crippen molar-refractivity contribution < 1.29 is 9.53 Å². The molecule has 1 atom stereocenters. The fourth-order valence-corrected chi connectivity index (χ4v) is 3.24. The van der Waals surface area contributed by atoms with Gasteiger partial charge in [0.25, 0.3) is 5.91 Å². The van der Waals surface area contributed by atoms with Crippen LogP contribution in [0, 0.1) is 5.92 Å². The maximum absolute atomic E-state index is 12.4. The maximum Gasteiger partial charge on any atom is 0.279 e. The van der Waals surface area contributed by atoms with Gasteiger partial charge in [0, 0.05) is 13.0 Å². The Kier molecular flexibility index (Phi) is 6.30. The number of nitrogens with one attached hydrogen (secondary N) is 1. The molecule has 5 N–H and O–H groups in total. The van der Waals surface area contributed by atoms with Gasteiger partial charge in [0.15, 0.2) is 22.5 Å². The molecule has 2 heterocycles. The van der Waals surface area contributed by atoms with Crippen LogP contribution in [0.1, 0.15) is 35.3 Å². The van der Waals surface area contributed by atoms with Gasteiger partial charge in [-0.15, -0.1) is 0 Å². The number of halogens is 1. The number of carbonyl (C=O) groups is 1. The zero-order chi connectivity index (χ0) is 20.1. The number of rotatable bonds is 6. The number of benzene rings is 1. The summed E-state index contributed by atoms with van der Waals surface area (Å²) in [6, 6.07) is 8.11. The average molecular weight is 403 g/mol. The summed E-state index contributed by atoms with van der Waals surface area (Å²) in [6.45, 7) is 0.696. The van der Waals surface area contributed by atoms with E-state index in [9.17, 15) is 4.79 Å². The van der Waals surface area contributed by atoms with Gasteiger partial charge in [-0.3, -0.25) is 9.79 Å². The molecule has 0 saturated carbocycles. The van der Waals surface area contributed by atoms with Crippen LogP contribution >= 0.6 is 11.6 Å². The Morgan fingerprint density at radius 2 is 2.00 bits per heavy atom. The summed E-state index contributed by atoms with van der Waals surface area (Å²) in [4.78, 5) is 24.5. The van der Waals surface area contributed by atoms with Crippen LogP contribution in [0.2, 0.25) is 5.15 Å². The number of nitrogens with zero attached hydrogens (tertiary/aromatic N) is 3. The van der Waals surface area contributed by atoms with E-state index in [1.165, 1.54) is 5.56 Å². The van der Waals surface area contributed by atoms with Crippen LogP contribution in [-0.4, -0.2) is 35.4 Å². The van der Waals surface area contributed by atoms with Crippen molar-refractivity contribution in [2.75, 3.05) is 25.1 Å². The molecule has 1 aromatic heterocycles. The Labute approximate surface area is 168 Å². The lowest BCUT2D eigenvalue weighted by molar-refractivity contribution is 0.0972. The van der Waals surface area contributed by atoms with E-state index < -0.39 is 5.91 Å². The minimum Gasteiger partial charge on any atom is -0.497 e. The normalized spacial score (nSPS) is 15.9. The van der Waals surface area contributed by atoms with Gasteiger partial charge in [-0.25, -0.2) is 9.97 Å². The molecule has 28 heavy (non-hydrogen) atoms. The third kappa shape index (κ3) is 4.89. The van der Waals surface area contributed by atoms with Crippen LogP contribution in [0.3, 0.4) is 0 Å². The summed E-state index contributed by atoms with van der Waals surface area (Å²) in [7, 11) is 1.66. The number of amides is 1. The topological polar surface area (TPSA) is 129 Å². The molecule has 0 saturated heterocycles. The summed E-state index contributed by atoms with van der Waals surface area (Å²) in [6.07, 6.45) is 3.80. The summed E-state index contributed by atoms with van der Waals surface area (Å²) in [5.74, 6) is 1.35. The molecule has 9 heteroatoms. The highest BCUT2D eigenvalue weighted by atomic mass is 35.5. The van der Waals surface area contributed by atoms with E-state index in [4.69, 9.17) is 27.8 Å². The SMILES string of the molecule is COc1ccc(CCCC2CN=C(NC(=O)c3nc(Cl)c(N)nc3N)C2)cc1. The van der Waals surface area contributed by atoms with E-state index in [0.29, 0.717) is 24.7 Å². The first-order valence-electron chi connectivity index (χ1n) is 9.02. The summed E-state index contributed by atoms with van der Waals surface area (Å²) < 4.78 is 5.17. The van der Waals surface area contributed by atoms with Crippen LogP contribution in [0.4, 0.5) is 11.6 Å². The van der Waals surface area contributed by atoms with E-state index in [1.54, 1.807) is 7.11 Å². The summed E-state index contributed by atoms with van der Waals surface area (Å²) >= 11 is 5.82. The van der Waals surface area contributed by atoms with Gasteiger partial charge in [0.1, 0.15) is 11.6 Å². The lowest BCUT2D eigenvalue weighted by Gasteiger charge is -2.10. The van der Waals surface area contributed by atoms with Crippen molar-refractivity contribution in [2.24, 2.45) is 10.9 Å². The van der Waals surface area contributed by atoms with Crippen LogP contribution in [0.25, 0.3) is 0 Å². The molecule has 148 valence electrons. The van der Waals surface area contributed by atoms with Gasteiger partial charge >= 0.3 is 0 Å². The Bertz CT molecular complexity index is 885. The number of carbonyl (C=O) groups excluding carboxylic acids is 1. The lowest BCUT2D eigenvalue weighted by atomic mass is 9.98. The predicted octanol–water partition coefficient (Wildman–Crippen LogP) is 2.47. The molecule has 1 aromatic carbocycles. The number of hydrogen-bond acceptors (Lipinski definition) is 7. The number of anilines is 2. The second-order valence-electron chi connectivity index (χ2n) is 6.69. The van der Waals surface area contributed by atoms with Crippen LogP contribution in [-0.2, 0) is 6.42 Å². The third-order valence-electron chi connectivity index (χ3n) is 4.64. The van der Waals surface area contributed by atoms with Gasteiger partial charge in [0.05, 0.1) is 7.11 Å². The highest BCUT2D eigenvalue weighted by Gasteiger charge is 2.22. The first kappa shape index (κ1) is 19.9. The molecular weight excluding hydrogens is 380 g/mol. The van der Waals surface area contributed by atoms with Gasteiger partial charge in [-0.1, -0.05) is 23.7 Å². The predicted molar refractivity (Wildman–Crippen MR) is 110 cm³/mol. The van der Waals surface area contributed by atoms with Gasteiger partial charge < -0.3 is 21.5 Å². The first-order valence-corrected chi connectivity index (χ1v) is 9.40. The monoisotopic (exact) mass is 402 g/mol. The van der Waals surface area contributed by atoms with Crippen molar-refractivity contribution in [1.29, 1.82) is 0 Å². The molecule has 1 amide bonds. The number of hydrogen-bond donors (Lipinski definition) is 3. The van der Waals surface area contributed by atoms with Crippen LogP contribution in [0.15, 0.2) is 29.3 Å². The number of aromatic nitrogens is 2. The van der Waals surface area contributed by atoms with E-state index in [-0.39, 0.29) is 22.5 Å². The van der Waals surface area contributed by atoms with Gasteiger partial charge in [-0.05, 0) is 42.9 Å². The molecule has 0 aliphatic carbocycles. The highest BCUT2D eigenvalue weighted by molar-refractivity contribution is 6.31. The number of nitrogen functional groups attached to an aromatic ring is 2.